The van der Waals surface area contributed by atoms with Crippen molar-refractivity contribution < 1.29 is 4.42 Å². The Labute approximate surface area is 383 Å². The fourth-order valence-electron chi connectivity index (χ4n) is 10.8. The van der Waals surface area contributed by atoms with Crippen LogP contribution in [0.25, 0.3) is 143 Å². The molecule has 0 aliphatic heterocycles. The van der Waals surface area contributed by atoms with E-state index in [4.69, 9.17) is 14.4 Å². The Morgan fingerprint density at radius 2 is 0.761 bits per heavy atom. The summed E-state index contributed by atoms with van der Waals surface area (Å²) in [5.41, 5.74) is 14.0. The summed E-state index contributed by atoms with van der Waals surface area (Å²) in [7, 11) is 0. The number of nitrogens with zero attached hydrogens (tertiary/aromatic N) is 4. The molecule has 0 aliphatic carbocycles. The summed E-state index contributed by atoms with van der Waals surface area (Å²) >= 11 is 0. The third kappa shape index (κ3) is 5.43. The summed E-state index contributed by atoms with van der Waals surface area (Å²) in [5.74, 6) is 0. The molecule has 0 saturated carbocycles. The van der Waals surface area contributed by atoms with Gasteiger partial charge in [-0.25, -0.2) is 9.97 Å². The number of hydrogen-bond donors (Lipinski definition) is 0. The van der Waals surface area contributed by atoms with Crippen molar-refractivity contribution in [2.45, 2.75) is 0 Å². The van der Waals surface area contributed by atoms with Crippen LogP contribution >= 0.6 is 0 Å². The second-order valence-corrected chi connectivity index (χ2v) is 17.8. The predicted molar refractivity (Wildman–Crippen MR) is 279 cm³/mol. The van der Waals surface area contributed by atoms with Gasteiger partial charge in [0.15, 0.2) is 0 Å². The number of fused-ring (bicyclic) bond motifs is 13. The molecule has 0 radical (unpaired) electrons. The molecule has 0 fully saturated rings. The van der Waals surface area contributed by atoms with E-state index in [1.54, 1.807) is 0 Å². The Morgan fingerprint density at radius 3 is 1.45 bits per heavy atom. The average Bonchev–Trinajstić information content (AvgIpc) is 4.03. The Kier molecular flexibility index (Phi) is 7.44. The molecule has 4 aromatic heterocycles. The van der Waals surface area contributed by atoms with Gasteiger partial charge in [0, 0.05) is 54.8 Å². The number of aromatic nitrogens is 4. The largest absolute Gasteiger partial charge is 0.456 e. The molecule has 67 heavy (non-hydrogen) atoms. The standard InChI is InChI=1S/C62H36N4O/c1-2-12-39-34-57-51(32-38(39)11-1)47-13-3-8-18-55(47)65(57)46-27-24-40-33-52-48-14-4-9-19-56(48)66(58(52)35-44(40)31-46)45-26-23-37-21-22-41(29-43(37)30-45)61-62(64-54-17-7-6-16-53(54)63-61)42-25-28-50-49-15-5-10-20-59(49)67-60(50)36-42/h1-36H. The number of benzene rings is 11. The maximum absolute atomic E-state index is 6.35. The van der Waals surface area contributed by atoms with E-state index in [1.165, 1.54) is 65.2 Å². The third-order valence-corrected chi connectivity index (χ3v) is 14.0. The zero-order valence-corrected chi connectivity index (χ0v) is 36.0. The molecule has 310 valence electrons. The molecule has 5 nitrogen and oxygen atoms in total. The van der Waals surface area contributed by atoms with Gasteiger partial charge in [-0.3, -0.25) is 0 Å². The van der Waals surface area contributed by atoms with Crippen LogP contribution in [0.3, 0.4) is 0 Å². The summed E-state index contributed by atoms with van der Waals surface area (Å²) in [6, 6.07) is 78.7. The average molecular weight is 853 g/mol. The zero-order valence-electron chi connectivity index (χ0n) is 36.0. The smallest absolute Gasteiger partial charge is 0.136 e. The van der Waals surface area contributed by atoms with Crippen molar-refractivity contribution in [2.24, 2.45) is 0 Å². The van der Waals surface area contributed by atoms with Crippen molar-refractivity contribution in [1.82, 2.24) is 19.1 Å². The molecular formula is C62H36N4O. The van der Waals surface area contributed by atoms with E-state index >= 15 is 0 Å². The second kappa shape index (κ2) is 13.7. The summed E-state index contributed by atoms with van der Waals surface area (Å²) in [4.78, 5) is 10.6. The van der Waals surface area contributed by atoms with Crippen LogP contribution in [0, 0.1) is 0 Å². The normalized spacial score (nSPS) is 12.2. The lowest BCUT2D eigenvalue weighted by molar-refractivity contribution is 0.669. The molecule has 15 rings (SSSR count). The predicted octanol–water partition coefficient (Wildman–Crippen LogP) is 16.5. The first-order valence-electron chi connectivity index (χ1n) is 22.8. The minimum atomic E-state index is 0.819. The minimum absolute atomic E-state index is 0.819. The summed E-state index contributed by atoms with van der Waals surface area (Å²) in [6.45, 7) is 0. The van der Waals surface area contributed by atoms with Gasteiger partial charge in [0.25, 0.3) is 0 Å². The van der Waals surface area contributed by atoms with Crippen LogP contribution in [-0.4, -0.2) is 19.1 Å². The first-order chi connectivity index (χ1) is 33.2. The third-order valence-electron chi connectivity index (χ3n) is 14.0. The summed E-state index contributed by atoms with van der Waals surface area (Å²) in [5, 5.41) is 14.3. The molecule has 0 bridgehead atoms. The lowest BCUT2D eigenvalue weighted by Crippen LogP contribution is -1.96. The fourth-order valence-corrected chi connectivity index (χ4v) is 10.8. The van der Waals surface area contributed by atoms with Crippen LogP contribution in [0.4, 0.5) is 0 Å². The topological polar surface area (TPSA) is 48.8 Å². The SMILES string of the molecule is c1ccc2cc3c(cc2c1)c1ccccc1n3-c1ccc2cc3c4ccccc4n(-c4ccc5ccc(-c6nc7ccccc7nc6-c6ccc7c(c6)oc6ccccc67)cc5c4)c3cc2c1. The van der Waals surface area contributed by atoms with E-state index in [0.29, 0.717) is 0 Å². The van der Waals surface area contributed by atoms with Crippen LogP contribution in [0.5, 0.6) is 0 Å². The Hall–Kier alpha value is -9.06. The molecule has 5 heteroatoms. The zero-order chi connectivity index (χ0) is 43.7. The van der Waals surface area contributed by atoms with E-state index < -0.39 is 0 Å². The first-order valence-corrected chi connectivity index (χ1v) is 22.8. The lowest BCUT2D eigenvalue weighted by atomic mass is 9.99. The van der Waals surface area contributed by atoms with E-state index in [2.05, 4.69) is 191 Å². The molecule has 4 heterocycles. The van der Waals surface area contributed by atoms with Crippen molar-refractivity contribution in [2.75, 3.05) is 0 Å². The van der Waals surface area contributed by atoms with Crippen molar-refractivity contribution in [3.8, 4) is 33.9 Å². The number of rotatable bonds is 4. The highest BCUT2D eigenvalue weighted by atomic mass is 16.3. The monoisotopic (exact) mass is 852 g/mol. The minimum Gasteiger partial charge on any atom is -0.456 e. The van der Waals surface area contributed by atoms with Crippen molar-refractivity contribution >= 4 is 109 Å². The second-order valence-electron chi connectivity index (χ2n) is 17.8. The van der Waals surface area contributed by atoms with Crippen molar-refractivity contribution in [3.63, 3.8) is 0 Å². The van der Waals surface area contributed by atoms with Gasteiger partial charge in [0.2, 0.25) is 0 Å². The highest BCUT2D eigenvalue weighted by Crippen LogP contribution is 2.41. The fraction of sp³-hybridized carbons (Fsp3) is 0. The van der Waals surface area contributed by atoms with Gasteiger partial charge < -0.3 is 13.6 Å². The Balaban J connectivity index is 0.903. The molecule has 0 spiro atoms. The number of hydrogen-bond acceptors (Lipinski definition) is 3. The van der Waals surface area contributed by atoms with E-state index in [0.717, 1.165) is 77.6 Å². The van der Waals surface area contributed by atoms with Gasteiger partial charge in [-0.05, 0) is 129 Å². The van der Waals surface area contributed by atoms with E-state index in [9.17, 15) is 0 Å². The quantitative estimate of drug-likeness (QED) is 0.177. The van der Waals surface area contributed by atoms with Crippen LogP contribution in [-0.2, 0) is 0 Å². The summed E-state index contributed by atoms with van der Waals surface area (Å²) < 4.78 is 11.2. The maximum Gasteiger partial charge on any atom is 0.136 e. The van der Waals surface area contributed by atoms with Gasteiger partial charge in [0.05, 0.1) is 44.5 Å². The van der Waals surface area contributed by atoms with Gasteiger partial charge in [-0.1, -0.05) is 121 Å². The van der Waals surface area contributed by atoms with Crippen LogP contribution in [0.15, 0.2) is 223 Å². The highest BCUT2D eigenvalue weighted by molar-refractivity contribution is 6.16. The molecule has 0 unspecified atom stereocenters. The van der Waals surface area contributed by atoms with Crippen LogP contribution in [0.2, 0.25) is 0 Å². The Morgan fingerprint density at radius 1 is 0.284 bits per heavy atom. The molecule has 0 amide bonds. The molecular weight excluding hydrogens is 817 g/mol. The van der Waals surface area contributed by atoms with E-state index in [1.807, 2.05) is 36.4 Å². The molecule has 0 N–H and O–H groups in total. The number of furan rings is 1. The van der Waals surface area contributed by atoms with Gasteiger partial charge in [-0.2, -0.15) is 0 Å². The van der Waals surface area contributed by atoms with Gasteiger partial charge >= 0.3 is 0 Å². The number of para-hydroxylation sites is 5. The van der Waals surface area contributed by atoms with Crippen molar-refractivity contribution in [3.05, 3.63) is 218 Å². The molecule has 15 aromatic rings. The molecule has 0 atom stereocenters. The first kappa shape index (κ1) is 36.3. The van der Waals surface area contributed by atoms with Gasteiger partial charge in [-0.15, -0.1) is 0 Å². The highest BCUT2D eigenvalue weighted by Gasteiger charge is 2.19. The van der Waals surface area contributed by atoms with Crippen LogP contribution in [0.1, 0.15) is 0 Å². The van der Waals surface area contributed by atoms with Gasteiger partial charge in [0.1, 0.15) is 11.2 Å². The van der Waals surface area contributed by atoms with E-state index in [-0.39, 0.29) is 0 Å². The lowest BCUT2D eigenvalue weighted by Gasteiger charge is -2.13. The molecule has 0 aliphatic rings. The molecule has 0 saturated heterocycles. The molecule has 11 aromatic carbocycles. The summed E-state index contributed by atoms with van der Waals surface area (Å²) in [6.07, 6.45) is 0. The van der Waals surface area contributed by atoms with Crippen molar-refractivity contribution in [1.29, 1.82) is 0 Å². The maximum atomic E-state index is 6.35. The van der Waals surface area contributed by atoms with Crippen LogP contribution < -0.4 is 0 Å². The Bertz CT molecular complexity index is 4590.